The Morgan fingerprint density at radius 2 is 2.10 bits per heavy atom. The number of benzene rings is 1. The van der Waals surface area contributed by atoms with Crippen LogP contribution in [0.1, 0.15) is 40.0 Å². The molecule has 0 atom stereocenters. The van der Waals surface area contributed by atoms with Crippen LogP contribution in [0.3, 0.4) is 0 Å². The van der Waals surface area contributed by atoms with E-state index in [2.05, 4.69) is 11.8 Å². The molecule has 0 amide bonds. The molecule has 0 fully saturated rings. The lowest BCUT2D eigenvalue weighted by molar-refractivity contribution is 0.0955. The number of rotatable bonds is 0. The summed E-state index contributed by atoms with van der Waals surface area (Å²) >= 11 is 0. The van der Waals surface area contributed by atoms with Crippen LogP contribution < -0.4 is 0 Å². The number of aryl methyl sites for hydroxylation is 2. The highest BCUT2D eigenvalue weighted by atomic mass is 19.1. The van der Waals surface area contributed by atoms with Crippen LogP contribution in [0.4, 0.5) is 4.39 Å². The Kier molecular flexibility index (Phi) is 3.15. The Hall–Kier alpha value is -2.34. The maximum Gasteiger partial charge on any atom is 0.179 e. The number of Topliss-reactive ketones (excluding diaryl/α,β-unsaturated/α-hetero) is 1. The predicted molar refractivity (Wildman–Crippen MR) is 75.1 cm³/mol. The van der Waals surface area contributed by atoms with E-state index in [0.717, 1.165) is 24.1 Å². The second kappa shape index (κ2) is 4.97. The third-order valence-corrected chi connectivity index (χ3v) is 3.45. The fourth-order valence-electron chi connectivity index (χ4n) is 2.40. The quantitative estimate of drug-likeness (QED) is 0.671. The minimum Gasteiger partial charge on any atom is -0.344 e. The number of aromatic nitrogens is 1. The van der Waals surface area contributed by atoms with Gasteiger partial charge in [-0.3, -0.25) is 4.79 Å². The minimum absolute atomic E-state index is 0.158. The number of hydrogen-bond donors (Lipinski definition) is 0. The van der Waals surface area contributed by atoms with Crippen LogP contribution in [0.2, 0.25) is 0 Å². The van der Waals surface area contributed by atoms with Crippen LogP contribution in [0.25, 0.3) is 0 Å². The molecule has 0 unspecified atom stereocenters. The van der Waals surface area contributed by atoms with E-state index >= 15 is 0 Å². The van der Waals surface area contributed by atoms with Crippen molar-refractivity contribution in [2.45, 2.75) is 26.3 Å². The first kappa shape index (κ1) is 12.7. The number of nitrogens with zero attached hydrogens (tertiary/aromatic N) is 1. The first-order chi connectivity index (χ1) is 9.63. The van der Waals surface area contributed by atoms with Crippen molar-refractivity contribution in [1.82, 2.24) is 4.57 Å². The summed E-state index contributed by atoms with van der Waals surface area (Å²) in [6, 6.07) is 6.78. The third kappa shape index (κ3) is 2.37. The van der Waals surface area contributed by atoms with E-state index < -0.39 is 0 Å². The van der Waals surface area contributed by atoms with E-state index in [-0.39, 0.29) is 11.6 Å². The van der Waals surface area contributed by atoms with E-state index in [0.29, 0.717) is 17.7 Å². The zero-order valence-electron chi connectivity index (χ0n) is 11.2. The van der Waals surface area contributed by atoms with Gasteiger partial charge in [0.25, 0.3) is 0 Å². The van der Waals surface area contributed by atoms with Crippen LogP contribution in [0.5, 0.6) is 0 Å². The smallest absolute Gasteiger partial charge is 0.179 e. The Bertz CT molecular complexity index is 746. The molecule has 0 bridgehead atoms. The van der Waals surface area contributed by atoms with Gasteiger partial charge in [0.2, 0.25) is 0 Å². The van der Waals surface area contributed by atoms with E-state index in [4.69, 9.17) is 0 Å². The summed E-state index contributed by atoms with van der Waals surface area (Å²) in [6.07, 6.45) is 3.34. The Labute approximate surface area is 117 Å². The van der Waals surface area contributed by atoms with E-state index in [1.165, 1.54) is 6.07 Å². The van der Waals surface area contributed by atoms with Crippen LogP contribution in [-0.2, 0) is 6.54 Å². The molecule has 1 aromatic heterocycles. The highest BCUT2D eigenvalue weighted by Crippen LogP contribution is 2.17. The van der Waals surface area contributed by atoms with Crippen molar-refractivity contribution >= 4 is 5.78 Å². The molecule has 100 valence electrons. The van der Waals surface area contributed by atoms with Crippen molar-refractivity contribution in [3.05, 3.63) is 58.7 Å². The Morgan fingerprint density at radius 1 is 1.25 bits per heavy atom. The first-order valence-corrected chi connectivity index (χ1v) is 6.65. The number of carbonyl (C=O) groups excluding carboxylic acids is 1. The van der Waals surface area contributed by atoms with Gasteiger partial charge in [-0.2, -0.15) is 0 Å². The number of halogens is 1. The normalized spacial score (nSPS) is 13.6. The van der Waals surface area contributed by atoms with Crippen molar-refractivity contribution in [1.29, 1.82) is 0 Å². The average Bonchev–Trinajstić information content (AvgIpc) is 2.82. The second-order valence-corrected chi connectivity index (χ2v) is 5.07. The molecular formula is C17H14FNO. The van der Waals surface area contributed by atoms with Gasteiger partial charge in [-0.05, 0) is 37.1 Å². The van der Waals surface area contributed by atoms with Crippen molar-refractivity contribution in [3.8, 4) is 11.8 Å². The highest BCUT2D eigenvalue weighted by Gasteiger charge is 2.17. The highest BCUT2D eigenvalue weighted by molar-refractivity contribution is 5.95. The van der Waals surface area contributed by atoms with E-state index in [1.807, 2.05) is 23.8 Å². The number of ketones is 1. The average molecular weight is 267 g/mol. The standard InChI is InChI=1S/C17H14FNO/c1-12-4-6-14(15(18)9-12)7-5-13-10-16-17(20)3-2-8-19(16)11-13/h4,6,9-11H,2-3,8H2,1H3. The number of fused-ring (bicyclic) bond motifs is 1. The molecule has 0 aliphatic carbocycles. The molecule has 2 nitrogen and oxygen atoms in total. The largest absolute Gasteiger partial charge is 0.344 e. The molecule has 20 heavy (non-hydrogen) atoms. The molecule has 0 radical (unpaired) electrons. The van der Waals surface area contributed by atoms with Gasteiger partial charge in [-0.25, -0.2) is 4.39 Å². The lowest BCUT2D eigenvalue weighted by atomic mass is 10.1. The molecule has 1 aromatic carbocycles. The molecule has 0 saturated carbocycles. The van der Waals surface area contributed by atoms with Crippen LogP contribution >= 0.6 is 0 Å². The maximum absolute atomic E-state index is 13.7. The van der Waals surface area contributed by atoms with Crippen molar-refractivity contribution in [2.24, 2.45) is 0 Å². The minimum atomic E-state index is -0.308. The Morgan fingerprint density at radius 3 is 2.85 bits per heavy atom. The number of carbonyl (C=O) groups is 1. The van der Waals surface area contributed by atoms with Crippen LogP contribution in [-0.4, -0.2) is 10.4 Å². The second-order valence-electron chi connectivity index (χ2n) is 5.07. The lowest BCUT2D eigenvalue weighted by Gasteiger charge is -2.12. The van der Waals surface area contributed by atoms with Crippen LogP contribution in [0, 0.1) is 24.6 Å². The topological polar surface area (TPSA) is 22.0 Å². The van der Waals surface area contributed by atoms with Crippen molar-refractivity contribution in [3.63, 3.8) is 0 Å². The fourth-order valence-corrected chi connectivity index (χ4v) is 2.40. The number of hydrogen-bond acceptors (Lipinski definition) is 1. The molecule has 3 rings (SSSR count). The van der Waals surface area contributed by atoms with Gasteiger partial charge < -0.3 is 4.57 Å². The molecule has 1 aliphatic rings. The molecule has 0 N–H and O–H groups in total. The van der Waals surface area contributed by atoms with Crippen molar-refractivity contribution in [2.75, 3.05) is 0 Å². The van der Waals surface area contributed by atoms with Crippen LogP contribution in [0.15, 0.2) is 30.5 Å². The molecule has 0 saturated heterocycles. The zero-order chi connectivity index (χ0) is 14.1. The van der Waals surface area contributed by atoms with Gasteiger partial charge in [-0.15, -0.1) is 0 Å². The molecule has 2 heterocycles. The van der Waals surface area contributed by atoms with Crippen molar-refractivity contribution < 1.29 is 9.18 Å². The summed E-state index contributed by atoms with van der Waals surface area (Å²) in [4.78, 5) is 11.7. The molecule has 0 spiro atoms. The predicted octanol–water partition coefficient (Wildman–Crippen LogP) is 3.31. The third-order valence-electron chi connectivity index (χ3n) is 3.45. The summed E-state index contributed by atoms with van der Waals surface area (Å²) in [5.74, 6) is 5.62. The maximum atomic E-state index is 13.7. The summed E-state index contributed by atoms with van der Waals surface area (Å²) in [5, 5.41) is 0. The van der Waals surface area contributed by atoms with Gasteiger partial charge in [0.15, 0.2) is 5.78 Å². The Balaban J connectivity index is 1.92. The molecular weight excluding hydrogens is 253 g/mol. The molecule has 1 aliphatic heterocycles. The zero-order valence-corrected chi connectivity index (χ0v) is 11.2. The summed E-state index contributed by atoms with van der Waals surface area (Å²) < 4.78 is 15.6. The summed E-state index contributed by atoms with van der Waals surface area (Å²) in [7, 11) is 0. The van der Waals surface area contributed by atoms with Gasteiger partial charge in [0, 0.05) is 24.7 Å². The van der Waals surface area contributed by atoms with Gasteiger partial charge >= 0.3 is 0 Å². The summed E-state index contributed by atoms with van der Waals surface area (Å²) in [5.41, 5.74) is 2.73. The van der Waals surface area contributed by atoms with Gasteiger partial charge in [0.05, 0.1) is 11.3 Å². The van der Waals surface area contributed by atoms with Gasteiger partial charge in [-0.1, -0.05) is 17.9 Å². The lowest BCUT2D eigenvalue weighted by Crippen LogP contribution is -2.14. The monoisotopic (exact) mass is 267 g/mol. The SMILES string of the molecule is Cc1ccc(C#Cc2cc3n(c2)CCCC3=O)c(F)c1. The fraction of sp³-hybridized carbons (Fsp3) is 0.235. The molecule has 2 aromatic rings. The summed E-state index contributed by atoms with van der Waals surface area (Å²) in [6.45, 7) is 2.69. The molecule has 3 heteroatoms. The van der Waals surface area contributed by atoms with E-state index in [1.54, 1.807) is 12.1 Å². The first-order valence-electron chi connectivity index (χ1n) is 6.65. The van der Waals surface area contributed by atoms with Gasteiger partial charge in [0.1, 0.15) is 5.82 Å². The van der Waals surface area contributed by atoms with E-state index in [9.17, 15) is 9.18 Å².